The molecule has 0 unspecified atom stereocenters. The third-order valence-electron chi connectivity index (χ3n) is 2.51. The van der Waals surface area contributed by atoms with Gasteiger partial charge in [-0.25, -0.2) is 0 Å². The smallest absolute Gasteiger partial charge is 0.255 e. The second-order valence-electron chi connectivity index (χ2n) is 3.91. The van der Waals surface area contributed by atoms with Crippen molar-refractivity contribution in [2.75, 3.05) is 5.32 Å². The highest BCUT2D eigenvalue weighted by Crippen LogP contribution is 2.14. The SMILES string of the molecule is NC(=O)c1ccc(NC(=O)c2cccc(Cl)c2)cc1. The van der Waals surface area contributed by atoms with E-state index in [1.54, 1.807) is 48.5 Å². The lowest BCUT2D eigenvalue weighted by Crippen LogP contribution is -2.13. The van der Waals surface area contributed by atoms with Gasteiger partial charge in [-0.3, -0.25) is 9.59 Å². The average molecular weight is 275 g/mol. The zero-order chi connectivity index (χ0) is 13.8. The number of hydrogen-bond donors (Lipinski definition) is 2. The fraction of sp³-hybridized carbons (Fsp3) is 0. The number of carbonyl (C=O) groups excluding carboxylic acids is 2. The van der Waals surface area contributed by atoms with E-state index in [9.17, 15) is 9.59 Å². The highest BCUT2D eigenvalue weighted by molar-refractivity contribution is 6.31. The van der Waals surface area contributed by atoms with E-state index in [1.807, 2.05) is 0 Å². The molecule has 0 heterocycles. The van der Waals surface area contributed by atoms with Crippen LogP contribution in [-0.2, 0) is 0 Å². The van der Waals surface area contributed by atoms with E-state index in [1.165, 1.54) is 0 Å². The minimum Gasteiger partial charge on any atom is -0.366 e. The van der Waals surface area contributed by atoms with E-state index in [4.69, 9.17) is 17.3 Å². The Morgan fingerprint density at radius 2 is 1.68 bits per heavy atom. The van der Waals surface area contributed by atoms with Gasteiger partial charge in [0, 0.05) is 21.8 Å². The maximum absolute atomic E-state index is 11.9. The van der Waals surface area contributed by atoms with Gasteiger partial charge >= 0.3 is 0 Å². The molecule has 0 atom stereocenters. The lowest BCUT2D eigenvalue weighted by Gasteiger charge is -2.06. The second-order valence-corrected chi connectivity index (χ2v) is 4.34. The molecule has 2 amide bonds. The quantitative estimate of drug-likeness (QED) is 0.903. The molecule has 0 bridgehead atoms. The molecule has 2 aromatic carbocycles. The molecule has 0 saturated heterocycles. The lowest BCUT2D eigenvalue weighted by molar-refractivity contribution is 0.0998. The molecule has 5 heteroatoms. The van der Waals surface area contributed by atoms with Crippen molar-refractivity contribution in [1.29, 1.82) is 0 Å². The van der Waals surface area contributed by atoms with Gasteiger partial charge in [-0.1, -0.05) is 17.7 Å². The number of halogens is 1. The van der Waals surface area contributed by atoms with E-state index in [0.717, 1.165) is 0 Å². The molecule has 0 spiro atoms. The first-order valence-corrected chi connectivity index (χ1v) is 5.91. The Kier molecular flexibility index (Phi) is 3.82. The third-order valence-corrected chi connectivity index (χ3v) is 2.75. The topological polar surface area (TPSA) is 72.2 Å². The summed E-state index contributed by atoms with van der Waals surface area (Å²) in [6.07, 6.45) is 0. The molecule has 0 aromatic heterocycles. The van der Waals surface area contributed by atoms with Gasteiger partial charge in [-0.15, -0.1) is 0 Å². The van der Waals surface area contributed by atoms with Crippen molar-refractivity contribution in [2.24, 2.45) is 5.73 Å². The molecule has 3 N–H and O–H groups in total. The zero-order valence-electron chi connectivity index (χ0n) is 9.89. The van der Waals surface area contributed by atoms with Crippen molar-refractivity contribution in [1.82, 2.24) is 0 Å². The highest BCUT2D eigenvalue weighted by atomic mass is 35.5. The number of nitrogens with one attached hydrogen (secondary N) is 1. The first-order valence-electron chi connectivity index (χ1n) is 5.53. The largest absolute Gasteiger partial charge is 0.366 e. The van der Waals surface area contributed by atoms with Crippen molar-refractivity contribution >= 4 is 29.1 Å². The number of primary amides is 1. The molecule has 0 saturated carbocycles. The van der Waals surface area contributed by atoms with Crippen molar-refractivity contribution in [3.63, 3.8) is 0 Å². The molecule has 2 rings (SSSR count). The molecule has 0 fully saturated rings. The van der Waals surface area contributed by atoms with Crippen LogP contribution in [0.5, 0.6) is 0 Å². The van der Waals surface area contributed by atoms with E-state index in [-0.39, 0.29) is 5.91 Å². The van der Waals surface area contributed by atoms with Gasteiger partial charge in [0.2, 0.25) is 5.91 Å². The third kappa shape index (κ3) is 3.33. The van der Waals surface area contributed by atoms with Crippen LogP contribution in [0, 0.1) is 0 Å². The minimum absolute atomic E-state index is 0.269. The molecule has 0 radical (unpaired) electrons. The Hall–Kier alpha value is -2.33. The van der Waals surface area contributed by atoms with Crippen LogP contribution < -0.4 is 11.1 Å². The van der Waals surface area contributed by atoms with Gasteiger partial charge < -0.3 is 11.1 Å². The Labute approximate surface area is 115 Å². The molecule has 4 nitrogen and oxygen atoms in total. The van der Waals surface area contributed by atoms with Crippen LogP contribution in [-0.4, -0.2) is 11.8 Å². The van der Waals surface area contributed by atoms with Crippen LogP contribution in [0.15, 0.2) is 48.5 Å². The van der Waals surface area contributed by atoms with Gasteiger partial charge in [0.25, 0.3) is 5.91 Å². The molecule has 0 aliphatic carbocycles. The number of hydrogen-bond acceptors (Lipinski definition) is 2. The summed E-state index contributed by atoms with van der Waals surface area (Å²) in [5, 5.41) is 3.20. The van der Waals surface area contributed by atoms with Crippen molar-refractivity contribution < 1.29 is 9.59 Å². The summed E-state index contributed by atoms with van der Waals surface area (Å²) in [4.78, 5) is 22.8. The Balaban J connectivity index is 2.13. The summed E-state index contributed by atoms with van der Waals surface area (Å²) in [6.45, 7) is 0. The van der Waals surface area contributed by atoms with E-state index < -0.39 is 5.91 Å². The first-order chi connectivity index (χ1) is 9.06. The summed E-state index contributed by atoms with van der Waals surface area (Å²) >= 11 is 5.82. The Bertz CT molecular complexity index is 624. The molecule has 96 valence electrons. The van der Waals surface area contributed by atoms with Crippen LogP contribution in [0.2, 0.25) is 5.02 Å². The molecular formula is C14H11ClN2O2. The summed E-state index contributed by atoms with van der Waals surface area (Å²) in [5.41, 5.74) is 6.56. The predicted molar refractivity (Wildman–Crippen MR) is 74.4 cm³/mol. The Morgan fingerprint density at radius 3 is 2.26 bits per heavy atom. The number of nitrogens with two attached hydrogens (primary N) is 1. The maximum atomic E-state index is 11.9. The van der Waals surface area contributed by atoms with Crippen LogP contribution in [0.4, 0.5) is 5.69 Å². The number of carbonyl (C=O) groups is 2. The predicted octanol–water partition coefficient (Wildman–Crippen LogP) is 2.69. The first kappa shape index (κ1) is 13.1. The van der Waals surface area contributed by atoms with E-state index in [0.29, 0.717) is 21.8 Å². The fourth-order valence-corrected chi connectivity index (χ4v) is 1.74. The average Bonchev–Trinajstić information content (AvgIpc) is 2.39. The van der Waals surface area contributed by atoms with Crippen LogP contribution in [0.25, 0.3) is 0 Å². The zero-order valence-corrected chi connectivity index (χ0v) is 10.6. The summed E-state index contributed by atoms with van der Waals surface area (Å²) in [7, 11) is 0. The Morgan fingerprint density at radius 1 is 1.00 bits per heavy atom. The monoisotopic (exact) mass is 274 g/mol. The molecule has 0 aliphatic heterocycles. The highest BCUT2D eigenvalue weighted by Gasteiger charge is 2.07. The summed E-state index contributed by atoms with van der Waals surface area (Å²) in [6, 6.07) is 13.0. The van der Waals surface area contributed by atoms with Gasteiger partial charge in [-0.05, 0) is 42.5 Å². The lowest BCUT2D eigenvalue weighted by atomic mass is 10.2. The number of benzene rings is 2. The van der Waals surface area contributed by atoms with Crippen molar-refractivity contribution in [3.05, 3.63) is 64.7 Å². The van der Waals surface area contributed by atoms with Gasteiger partial charge in [-0.2, -0.15) is 0 Å². The molecule has 19 heavy (non-hydrogen) atoms. The van der Waals surface area contributed by atoms with E-state index in [2.05, 4.69) is 5.32 Å². The standard InChI is InChI=1S/C14H11ClN2O2/c15-11-3-1-2-10(8-11)14(19)17-12-6-4-9(5-7-12)13(16)18/h1-8H,(H2,16,18)(H,17,19). The summed E-state index contributed by atoms with van der Waals surface area (Å²) in [5.74, 6) is -0.776. The number of anilines is 1. The van der Waals surface area contributed by atoms with Crippen molar-refractivity contribution in [2.45, 2.75) is 0 Å². The minimum atomic E-state index is -0.507. The molecule has 0 aliphatic rings. The van der Waals surface area contributed by atoms with Crippen LogP contribution in [0.3, 0.4) is 0 Å². The van der Waals surface area contributed by atoms with Gasteiger partial charge in [0.05, 0.1) is 0 Å². The maximum Gasteiger partial charge on any atom is 0.255 e. The van der Waals surface area contributed by atoms with Crippen LogP contribution >= 0.6 is 11.6 Å². The normalized spacial score (nSPS) is 9.95. The van der Waals surface area contributed by atoms with Crippen LogP contribution in [0.1, 0.15) is 20.7 Å². The number of amides is 2. The molecule has 2 aromatic rings. The van der Waals surface area contributed by atoms with E-state index >= 15 is 0 Å². The fourth-order valence-electron chi connectivity index (χ4n) is 1.55. The number of rotatable bonds is 3. The van der Waals surface area contributed by atoms with Crippen molar-refractivity contribution in [3.8, 4) is 0 Å². The van der Waals surface area contributed by atoms with Gasteiger partial charge in [0.15, 0.2) is 0 Å². The second kappa shape index (κ2) is 5.54. The molecular weight excluding hydrogens is 264 g/mol. The van der Waals surface area contributed by atoms with Gasteiger partial charge in [0.1, 0.15) is 0 Å². The summed E-state index contributed by atoms with van der Waals surface area (Å²) < 4.78 is 0.